The molecule has 0 N–H and O–H groups in total. The number of hydrogen-bond acceptors (Lipinski definition) is 3. The molecular formula is C14H12BrFO3S. The van der Waals surface area contributed by atoms with Crippen molar-refractivity contribution in [1.82, 2.24) is 0 Å². The van der Waals surface area contributed by atoms with Crippen LogP contribution in [0.3, 0.4) is 0 Å². The number of rotatable bonds is 4. The van der Waals surface area contributed by atoms with Crippen LogP contribution in [0.5, 0.6) is 5.75 Å². The van der Waals surface area contributed by atoms with E-state index < -0.39 is 15.7 Å². The summed E-state index contributed by atoms with van der Waals surface area (Å²) in [5.41, 5.74) is 0.547. The maximum Gasteiger partial charge on any atom is 0.182 e. The van der Waals surface area contributed by atoms with E-state index in [-0.39, 0.29) is 10.6 Å². The third-order valence-corrected chi connectivity index (χ3v) is 4.94. The number of ether oxygens (including phenoxy) is 1. The lowest BCUT2D eigenvalue weighted by Gasteiger charge is -2.10. The molecule has 0 heterocycles. The highest BCUT2D eigenvalue weighted by Gasteiger charge is 2.18. The van der Waals surface area contributed by atoms with E-state index in [1.807, 2.05) is 0 Å². The quantitative estimate of drug-likeness (QED) is 0.784. The molecule has 2 aromatic rings. The van der Waals surface area contributed by atoms with Gasteiger partial charge in [-0.3, -0.25) is 0 Å². The fourth-order valence-corrected chi connectivity index (χ4v) is 3.55. The van der Waals surface area contributed by atoms with Crippen LogP contribution in [0.1, 0.15) is 5.56 Å². The third kappa shape index (κ3) is 3.37. The Hall–Kier alpha value is -1.40. The SMILES string of the molecule is COc1ccc(Br)cc1CS(=O)(=O)c1ccc(F)cc1. The van der Waals surface area contributed by atoms with Gasteiger partial charge in [-0.1, -0.05) is 15.9 Å². The molecule has 0 amide bonds. The molecule has 0 atom stereocenters. The van der Waals surface area contributed by atoms with Crippen molar-refractivity contribution in [1.29, 1.82) is 0 Å². The van der Waals surface area contributed by atoms with Crippen LogP contribution in [-0.4, -0.2) is 15.5 Å². The molecule has 2 rings (SSSR count). The molecule has 0 aromatic heterocycles. The van der Waals surface area contributed by atoms with E-state index in [0.717, 1.165) is 16.6 Å². The second-order valence-electron chi connectivity index (χ2n) is 4.17. The van der Waals surface area contributed by atoms with Crippen molar-refractivity contribution >= 4 is 25.8 Å². The Morgan fingerprint density at radius 1 is 1.15 bits per heavy atom. The van der Waals surface area contributed by atoms with E-state index in [9.17, 15) is 12.8 Å². The molecule has 20 heavy (non-hydrogen) atoms. The van der Waals surface area contributed by atoms with Crippen LogP contribution in [0.4, 0.5) is 4.39 Å². The first-order chi connectivity index (χ1) is 9.42. The molecule has 0 aliphatic carbocycles. The minimum atomic E-state index is -3.55. The van der Waals surface area contributed by atoms with Gasteiger partial charge in [-0.05, 0) is 42.5 Å². The van der Waals surface area contributed by atoms with Gasteiger partial charge in [0.05, 0.1) is 17.8 Å². The van der Waals surface area contributed by atoms with Crippen LogP contribution in [0.25, 0.3) is 0 Å². The number of sulfone groups is 1. The Kier molecular flexibility index (Phi) is 4.45. The van der Waals surface area contributed by atoms with Crippen LogP contribution in [-0.2, 0) is 15.6 Å². The molecule has 2 aromatic carbocycles. The summed E-state index contributed by atoms with van der Waals surface area (Å²) in [6, 6.07) is 9.94. The van der Waals surface area contributed by atoms with Gasteiger partial charge in [0.15, 0.2) is 9.84 Å². The molecule has 0 bridgehead atoms. The molecule has 0 radical (unpaired) electrons. The second kappa shape index (κ2) is 5.93. The summed E-state index contributed by atoms with van der Waals surface area (Å²) in [5, 5.41) is 0. The van der Waals surface area contributed by atoms with E-state index in [1.54, 1.807) is 18.2 Å². The molecule has 0 fully saturated rings. The van der Waals surface area contributed by atoms with Crippen molar-refractivity contribution < 1.29 is 17.5 Å². The summed E-state index contributed by atoms with van der Waals surface area (Å²) in [7, 11) is -2.06. The lowest BCUT2D eigenvalue weighted by molar-refractivity contribution is 0.411. The van der Waals surface area contributed by atoms with Gasteiger partial charge in [0.1, 0.15) is 11.6 Å². The van der Waals surface area contributed by atoms with Crippen molar-refractivity contribution in [3.63, 3.8) is 0 Å². The summed E-state index contributed by atoms with van der Waals surface area (Å²) in [5.74, 6) is -0.177. The molecule has 106 valence electrons. The average molecular weight is 359 g/mol. The van der Waals surface area contributed by atoms with E-state index in [2.05, 4.69) is 15.9 Å². The minimum absolute atomic E-state index is 0.0842. The largest absolute Gasteiger partial charge is 0.496 e. The number of methoxy groups -OCH3 is 1. The molecule has 3 nitrogen and oxygen atoms in total. The highest BCUT2D eigenvalue weighted by Crippen LogP contribution is 2.27. The molecule has 0 aliphatic rings. The first kappa shape index (κ1) is 15.0. The van der Waals surface area contributed by atoms with Crippen molar-refractivity contribution in [3.8, 4) is 5.75 Å². The zero-order valence-electron chi connectivity index (χ0n) is 10.6. The predicted octanol–water partition coefficient (Wildman–Crippen LogP) is 3.57. The number of halogens is 2. The standard InChI is InChI=1S/C14H12BrFO3S/c1-19-14-7-2-11(15)8-10(14)9-20(17,18)13-5-3-12(16)4-6-13/h2-8H,9H2,1H3. The van der Waals surface area contributed by atoms with Gasteiger partial charge in [0, 0.05) is 10.0 Å². The summed E-state index contributed by atoms with van der Waals surface area (Å²) >= 11 is 3.30. The zero-order valence-corrected chi connectivity index (χ0v) is 13.0. The summed E-state index contributed by atoms with van der Waals surface area (Å²) in [6.45, 7) is 0. The van der Waals surface area contributed by atoms with Gasteiger partial charge in [0.2, 0.25) is 0 Å². The lowest BCUT2D eigenvalue weighted by atomic mass is 10.2. The number of hydrogen-bond donors (Lipinski definition) is 0. The summed E-state index contributed by atoms with van der Waals surface area (Å²) < 4.78 is 43.4. The number of benzene rings is 2. The normalized spacial score (nSPS) is 11.3. The zero-order chi connectivity index (χ0) is 14.8. The first-order valence-electron chi connectivity index (χ1n) is 5.73. The Labute approximate surface area is 125 Å². The van der Waals surface area contributed by atoms with Crippen LogP contribution in [0.2, 0.25) is 0 Å². The van der Waals surface area contributed by atoms with Gasteiger partial charge in [-0.2, -0.15) is 0 Å². The Balaban J connectivity index is 2.37. The molecular weight excluding hydrogens is 347 g/mol. The van der Waals surface area contributed by atoms with Crippen LogP contribution in [0.15, 0.2) is 51.8 Å². The predicted molar refractivity (Wildman–Crippen MR) is 78.0 cm³/mol. The lowest BCUT2D eigenvalue weighted by Crippen LogP contribution is -2.06. The van der Waals surface area contributed by atoms with Gasteiger partial charge >= 0.3 is 0 Å². The van der Waals surface area contributed by atoms with E-state index in [4.69, 9.17) is 4.74 Å². The maximum atomic E-state index is 12.9. The van der Waals surface area contributed by atoms with Gasteiger partial charge in [-0.25, -0.2) is 12.8 Å². The molecule has 6 heteroatoms. The first-order valence-corrected chi connectivity index (χ1v) is 8.17. The van der Waals surface area contributed by atoms with Gasteiger partial charge in [0.25, 0.3) is 0 Å². The molecule has 0 saturated carbocycles. The Morgan fingerprint density at radius 2 is 1.80 bits per heavy atom. The smallest absolute Gasteiger partial charge is 0.182 e. The van der Waals surface area contributed by atoms with Gasteiger partial charge in [-0.15, -0.1) is 0 Å². The third-order valence-electron chi connectivity index (χ3n) is 2.76. The minimum Gasteiger partial charge on any atom is -0.496 e. The van der Waals surface area contributed by atoms with Crippen molar-refractivity contribution in [2.75, 3.05) is 7.11 Å². The van der Waals surface area contributed by atoms with Crippen molar-refractivity contribution in [3.05, 3.63) is 58.3 Å². The Bertz CT molecular complexity index is 712. The maximum absolute atomic E-state index is 12.9. The fourth-order valence-electron chi connectivity index (χ4n) is 1.79. The molecule has 0 spiro atoms. The van der Waals surface area contributed by atoms with E-state index in [1.165, 1.54) is 19.2 Å². The molecule has 0 saturated heterocycles. The topological polar surface area (TPSA) is 43.4 Å². The molecule has 0 aliphatic heterocycles. The summed E-state index contributed by atoms with van der Waals surface area (Å²) in [6.07, 6.45) is 0. The van der Waals surface area contributed by atoms with Crippen LogP contribution in [0, 0.1) is 5.82 Å². The van der Waals surface area contributed by atoms with Crippen LogP contribution >= 0.6 is 15.9 Å². The highest BCUT2D eigenvalue weighted by atomic mass is 79.9. The van der Waals surface area contributed by atoms with Crippen LogP contribution < -0.4 is 4.74 Å². The summed E-state index contributed by atoms with van der Waals surface area (Å²) in [4.78, 5) is 0.0842. The average Bonchev–Trinajstić information content (AvgIpc) is 2.39. The fraction of sp³-hybridized carbons (Fsp3) is 0.143. The van der Waals surface area contributed by atoms with E-state index in [0.29, 0.717) is 11.3 Å². The monoisotopic (exact) mass is 358 g/mol. The second-order valence-corrected chi connectivity index (χ2v) is 7.07. The Morgan fingerprint density at radius 3 is 2.40 bits per heavy atom. The molecule has 0 unspecified atom stereocenters. The van der Waals surface area contributed by atoms with Gasteiger partial charge < -0.3 is 4.74 Å². The highest BCUT2D eigenvalue weighted by molar-refractivity contribution is 9.10. The van der Waals surface area contributed by atoms with Crippen molar-refractivity contribution in [2.24, 2.45) is 0 Å². The van der Waals surface area contributed by atoms with E-state index >= 15 is 0 Å². The van der Waals surface area contributed by atoms with Crippen molar-refractivity contribution in [2.45, 2.75) is 10.6 Å².